The minimum absolute atomic E-state index is 0.00326. The molecule has 126 valence electrons. The van der Waals surface area contributed by atoms with E-state index in [1.165, 1.54) is 6.92 Å². The second-order valence-corrected chi connectivity index (χ2v) is 5.28. The number of hydrogen-bond donors (Lipinski definition) is 0. The molecule has 0 heterocycles. The Bertz CT molecular complexity index is 271. The predicted octanol–water partition coefficient (Wildman–Crippen LogP) is 1.80. The van der Waals surface area contributed by atoms with Crippen LogP contribution in [0.4, 0.5) is 0 Å². The van der Waals surface area contributed by atoms with Crippen molar-refractivity contribution in [3.05, 3.63) is 0 Å². The fourth-order valence-corrected chi connectivity index (χ4v) is 1.35. The molecule has 21 heavy (non-hydrogen) atoms. The Morgan fingerprint density at radius 1 is 0.762 bits per heavy atom. The van der Waals surface area contributed by atoms with Gasteiger partial charge in [-0.25, -0.2) is 0 Å². The van der Waals surface area contributed by atoms with Crippen LogP contribution in [0.25, 0.3) is 0 Å². The first-order chi connectivity index (χ1) is 9.85. The zero-order valence-corrected chi connectivity index (χ0v) is 14.1. The smallest absolute Gasteiger partial charge is 0.302 e. The lowest BCUT2D eigenvalue weighted by Gasteiger charge is -2.20. The minimum atomic E-state index is -0.300. The molecule has 0 aromatic heterocycles. The second-order valence-electron chi connectivity index (χ2n) is 5.28. The summed E-state index contributed by atoms with van der Waals surface area (Å²) in [6.07, 6.45) is -0.106. The summed E-state index contributed by atoms with van der Waals surface area (Å²) in [6.45, 7) is 10.8. The van der Waals surface area contributed by atoms with Crippen LogP contribution in [0.5, 0.6) is 0 Å². The Labute approximate surface area is 128 Å². The van der Waals surface area contributed by atoms with E-state index < -0.39 is 0 Å². The molecule has 0 bridgehead atoms. The third-order valence-corrected chi connectivity index (χ3v) is 2.77. The molecule has 0 aromatic carbocycles. The van der Waals surface area contributed by atoms with Gasteiger partial charge < -0.3 is 23.7 Å². The molecule has 0 aliphatic carbocycles. The van der Waals surface area contributed by atoms with Crippen LogP contribution in [-0.4, -0.2) is 63.9 Å². The summed E-state index contributed by atoms with van der Waals surface area (Å²) in [4.78, 5) is 10.7. The van der Waals surface area contributed by atoms with Crippen molar-refractivity contribution in [1.82, 2.24) is 0 Å². The molecule has 0 N–H and O–H groups in total. The van der Waals surface area contributed by atoms with Gasteiger partial charge in [0.2, 0.25) is 0 Å². The van der Waals surface area contributed by atoms with Gasteiger partial charge in [-0.2, -0.15) is 0 Å². The van der Waals surface area contributed by atoms with Crippen molar-refractivity contribution in [3.8, 4) is 0 Å². The Morgan fingerprint density at radius 2 is 1.14 bits per heavy atom. The summed E-state index contributed by atoms with van der Waals surface area (Å²) in [5.41, 5.74) is 0. The zero-order valence-electron chi connectivity index (χ0n) is 14.1. The van der Waals surface area contributed by atoms with Gasteiger partial charge in [-0.15, -0.1) is 0 Å². The van der Waals surface area contributed by atoms with Crippen LogP contribution in [0.1, 0.15) is 34.6 Å². The highest BCUT2D eigenvalue weighted by atomic mass is 16.6. The quantitative estimate of drug-likeness (QED) is 0.512. The number of ether oxygens (including phenoxy) is 5. The van der Waals surface area contributed by atoms with Crippen molar-refractivity contribution in [2.45, 2.75) is 59.0 Å². The summed E-state index contributed by atoms with van der Waals surface area (Å²) in [5, 5.41) is 0. The summed E-state index contributed by atoms with van der Waals surface area (Å²) >= 11 is 0. The number of esters is 1. The van der Waals surface area contributed by atoms with Crippen LogP contribution in [0.2, 0.25) is 0 Å². The topological polar surface area (TPSA) is 63.2 Å². The fourth-order valence-electron chi connectivity index (χ4n) is 1.35. The van der Waals surface area contributed by atoms with Gasteiger partial charge in [0.25, 0.3) is 0 Å². The van der Waals surface area contributed by atoms with Crippen molar-refractivity contribution in [2.24, 2.45) is 0 Å². The van der Waals surface area contributed by atoms with Gasteiger partial charge in [-0.3, -0.25) is 4.79 Å². The monoisotopic (exact) mass is 306 g/mol. The van der Waals surface area contributed by atoms with E-state index in [1.807, 2.05) is 27.7 Å². The maximum atomic E-state index is 10.7. The molecule has 0 aliphatic rings. The Hall–Kier alpha value is -0.690. The Kier molecular flexibility index (Phi) is 11.5. The van der Waals surface area contributed by atoms with Crippen LogP contribution in [0.15, 0.2) is 0 Å². The van der Waals surface area contributed by atoms with E-state index in [0.29, 0.717) is 19.8 Å². The molecule has 0 rings (SSSR count). The Balaban J connectivity index is 3.64. The van der Waals surface area contributed by atoms with E-state index in [2.05, 4.69) is 0 Å². The first-order valence-electron chi connectivity index (χ1n) is 7.36. The third kappa shape index (κ3) is 12.7. The van der Waals surface area contributed by atoms with Crippen LogP contribution >= 0.6 is 0 Å². The van der Waals surface area contributed by atoms with Gasteiger partial charge in [0.15, 0.2) is 0 Å². The average Bonchev–Trinajstić information content (AvgIpc) is 2.45. The standard InChI is InChI=1S/C15H30O6/c1-11(17-6)7-18-12(2)8-19-13(3)9-20-14(4)10-21-15(5)16/h11-14H,7-10H2,1-6H3. The summed E-state index contributed by atoms with van der Waals surface area (Å²) in [7, 11) is 1.66. The van der Waals surface area contributed by atoms with Crippen molar-refractivity contribution in [1.29, 1.82) is 0 Å². The van der Waals surface area contributed by atoms with Gasteiger partial charge in [0, 0.05) is 14.0 Å². The molecule has 6 heteroatoms. The van der Waals surface area contributed by atoms with Crippen LogP contribution in [0.3, 0.4) is 0 Å². The van der Waals surface area contributed by atoms with Gasteiger partial charge in [0.1, 0.15) is 6.61 Å². The van der Waals surface area contributed by atoms with Crippen LogP contribution < -0.4 is 0 Å². The highest BCUT2D eigenvalue weighted by Crippen LogP contribution is 2.02. The van der Waals surface area contributed by atoms with E-state index in [4.69, 9.17) is 23.7 Å². The molecule has 0 saturated carbocycles. The van der Waals surface area contributed by atoms with Gasteiger partial charge in [0.05, 0.1) is 44.2 Å². The van der Waals surface area contributed by atoms with Gasteiger partial charge in [-0.05, 0) is 27.7 Å². The van der Waals surface area contributed by atoms with Crippen molar-refractivity contribution in [2.75, 3.05) is 33.5 Å². The second kappa shape index (κ2) is 11.9. The largest absolute Gasteiger partial charge is 0.463 e. The normalized spacial score (nSPS) is 17.0. The molecule has 0 fully saturated rings. The van der Waals surface area contributed by atoms with E-state index >= 15 is 0 Å². The Morgan fingerprint density at radius 3 is 1.52 bits per heavy atom. The van der Waals surface area contributed by atoms with Gasteiger partial charge in [-0.1, -0.05) is 0 Å². The van der Waals surface area contributed by atoms with Crippen LogP contribution in [-0.2, 0) is 28.5 Å². The molecular formula is C15H30O6. The highest BCUT2D eigenvalue weighted by Gasteiger charge is 2.11. The highest BCUT2D eigenvalue weighted by molar-refractivity contribution is 5.65. The molecule has 0 spiro atoms. The molecule has 6 nitrogen and oxygen atoms in total. The zero-order chi connectivity index (χ0) is 16.3. The average molecular weight is 306 g/mol. The summed E-state index contributed by atoms with van der Waals surface area (Å²) < 4.78 is 26.7. The molecule has 4 unspecified atom stereocenters. The molecular weight excluding hydrogens is 276 g/mol. The molecule has 0 amide bonds. The fraction of sp³-hybridized carbons (Fsp3) is 0.933. The number of carbonyl (C=O) groups excluding carboxylic acids is 1. The van der Waals surface area contributed by atoms with Gasteiger partial charge >= 0.3 is 5.97 Å². The molecule has 0 aliphatic heterocycles. The van der Waals surface area contributed by atoms with E-state index in [1.54, 1.807) is 7.11 Å². The predicted molar refractivity (Wildman–Crippen MR) is 79.3 cm³/mol. The third-order valence-electron chi connectivity index (χ3n) is 2.77. The van der Waals surface area contributed by atoms with Crippen molar-refractivity contribution < 1.29 is 28.5 Å². The first-order valence-corrected chi connectivity index (χ1v) is 7.36. The van der Waals surface area contributed by atoms with Crippen molar-refractivity contribution >= 4 is 5.97 Å². The minimum Gasteiger partial charge on any atom is -0.463 e. The van der Waals surface area contributed by atoms with E-state index in [-0.39, 0.29) is 37.0 Å². The lowest BCUT2D eigenvalue weighted by Crippen LogP contribution is -2.28. The van der Waals surface area contributed by atoms with Crippen molar-refractivity contribution in [3.63, 3.8) is 0 Å². The number of hydrogen-bond acceptors (Lipinski definition) is 6. The molecule has 0 saturated heterocycles. The number of methoxy groups -OCH3 is 1. The molecule has 0 radical (unpaired) electrons. The van der Waals surface area contributed by atoms with E-state index in [0.717, 1.165) is 0 Å². The maximum Gasteiger partial charge on any atom is 0.302 e. The number of carbonyl (C=O) groups is 1. The SMILES string of the molecule is COC(C)COC(C)COC(C)COC(C)COC(C)=O. The lowest BCUT2D eigenvalue weighted by molar-refractivity contribution is -0.146. The first kappa shape index (κ1) is 20.3. The van der Waals surface area contributed by atoms with Crippen LogP contribution in [0, 0.1) is 0 Å². The van der Waals surface area contributed by atoms with E-state index in [9.17, 15) is 4.79 Å². The lowest BCUT2D eigenvalue weighted by atomic mass is 10.3. The molecule has 0 aromatic rings. The number of rotatable bonds is 12. The summed E-state index contributed by atoms with van der Waals surface area (Å²) in [5.74, 6) is -0.300. The maximum absolute atomic E-state index is 10.7. The summed E-state index contributed by atoms with van der Waals surface area (Å²) in [6, 6.07) is 0. The molecule has 4 atom stereocenters.